The van der Waals surface area contributed by atoms with E-state index in [1.54, 1.807) is 12.1 Å². The molecule has 1 amide bonds. The summed E-state index contributed by atoms with van der Waals surface area (Å²) in [6.45, 7) is 4.22. The summed E-state index contributed by atoms with van der Waals surface area (Å²) in [5.74, 6) is -0.735. The van der Waals surface area contributed by atoms with Crippen LogP contribution in [0.1, 0.15) is 42.9 Å². The lowest BCUT2D eigenvalue weighted by atomic mass is 9.87. The summed E-state index contributed by atoms with van der Waals surface area (Å²) >= 11 is 0. The molecule has 0 radical (unpaired) electrons. The van der Waals surface area contributed by atoms with Crippen molar-refractivity contribution in [3.8, 4) is 0 Å². The zero-order valence-electron chi connectivity index (χ0n) is 14.9. The van der Waals surface area contributed by atoms with E-state index in [1.807, 2.05) is 42.5 Å². The largest absolute Gasteiger partial charge is 0.479 e. The van der Waals surface area contributed by atoms with Gasteiger partial charge in [-0.2, -0.15) is 0 Å². The van der Waals surface area contributed by atoms with E-state index >= 15 is 0 Å². The molecule has 0 aromatic heterocycles. The van der Waals surface area contributed by atoms with Crippen LogP contribution in [0.3, 0.4) is 0 Å². The second-order valence-corrected chi connectivity index (χ2v) is 7.04. The van der Waals surface area contributed by atoms with Gasteiger partial charge in [-0.3, -0.25) is 0 Å². The lowest BCUT2D eigenvalue weighted by molar-refractivity contribution is -0.145. The van der Waals surface area contributed by atoms with E-state index < -0.39 is 17.6 Å². The number of carbonyl (C=O) groups is 2. The number of nitrogens with one attached hydrogen (secondary N) is 1. The first-order valence-electron chi connectivity index (χ1n) is 8.75. The summed E-state index contributed by atoms with van der Waals surface area (Å²) in [6, 6.07) is 16.7. The average Bonchev–Trinajstić information content (AvgIpc) is 2.97. The summed E-state index contributed by atoms with van der Waals surface area (Å²) in [6.07, 6.45) is -0.407. The van der Waals surface area contributed by atoms with Crippen LogP contribution < -0.4 is 5.32 Å². The molecule has 2 unspecified atom stereocenters. The molecule has 0 saturated carbocycles. The standard InChI is InChI=1S/C21H23NO4/c1-14(2)17-12-21(19(23)24,18-11-7-6-10-16(17)18)22-20(25)26-13-15-8-4-3-5-9-15/h3-11,14,17H,12-13H2,1-2H3,(H,22,25)(H,23,24). The number of rotatable bonds is 5. The van der Waals surface area contributed by atoms with Gasteiger partial charge in [-0.25, -0.2) is 9.59 Å². The van der Waals surface area contributed by atoms with Gasteiger partial charge in [0.1, 0.15) is 6.61 Å². The molecule has 1 aliphatic carbocycles. The van der Waals surface area contributed by atoms with Crippen LogP contribution in [0.4, 0.5) is 4.79 Å². The Morgan fingerprint density at radius 3 is 2.46 bits per heavy atom. The van der Waals surface area contributed by atoms with E-state index in [1.165, 1.54) is 0 Å². The third kappa shape index (κ3) is 3.29. The fourth-order valence-electron chi connectivity index (χ4n) is 3.66. The topological polar surface area (TPSA) is 75.6 Å². The Kier molecular flexibility index (Phi) is 4.98. The highest BCUT2D eigenvalue weighted by molar-refractivity contribution is 5.87. The number of aliphatic carboxylic acids is 1. The van der Waals surface area contributed by atoms with Crippen LogP contribution >= 0.6 is 0 Å². The SMILES string of the molecule is CC(C)C1CC(NC(=O)OCc2ccccc2)(C(=O)O)c2ccccc21. The molecule has 136 valence electrons. The molecule has 1 aliphatic rings. The molecule has 0 saturated heterocycles. The molecule has 0 spiro atoms. The number of amides is 1. The number of carboxylic acids is 1. The van der Waals surface area contributed by atoms with Crippen molar-refractivity contribution >= 4 is 12.1 Å². The highest BCUT2D eigenvalue weighted by atomic mass is 16.5. The third-order valence-electron chi connectivity index (χ3n) is 5.04. The average molecular weight is 353 g/mol. The molecule has 5 nitrogen and oxygen atoms in total. The lowest BCUT2D eigenvalue weighted by Gasteiger charge is -2.27. The number of hydrogen-bond acceptors (Lipinski definition) is 3. The van der Waals surface area contributed by atoms with Gasteiger partial charge in [0.25, 0.3) is 0 Å². The Balaban J connectivity index is 1.83. The molecule has 5 heteroatoms. The first-order chi connectivity index (χ1) is 12.4. The maximum Gasteiger partial charge on any atom is 0.408 e. The van der Waals surface area contributed by atoms with Crippen LogP contribution in [0.25, 0.3) is 0 Å². The van der Waals surface area contributed by atoms with Crippen molar-refractivity contribution in [2.24, 2.45) is 5.92 Å². The maximum atomic E-state index is 12.4. The summed E-state index contributed by atoms with van der Waals surface area (Å²) in [4.78, 5) is 24.6. The monoisotopic (exact) mass is 353 g/mol. The molecule has 3 rings (SSSR count). The van der Waals surface area contributed by atoms with E-state index in [4.69, 9.17) is 4.74 Å². The third-order valence-corrected chi connectivity index (χ3v) is 5.04. The van der Waals surface area contributed by atoms with Crippen LogP contribution in [-0.4, -0.2) is 17.2 Å². The number of carboxylic acid groups (broad SMARTS) is 1. The van der Waals surface area contributed by atoms with Gasteiger partial charge in [0, 0.05) is 0 Å². The van der Waals surface area contributed by atoms with E-state index in [0.29, 0.717) is 12.0 Å². The number of carbonyl (C=O) groups excluding carboxylic acids is 1. The first-order valence-corrected chi connectivity index (χ1v) is 8.75. The van der Waals surface area contributed by atoms with Crippen LogP contribution in [0, 0.1) is 5.92 Å². The summed E-state index contributed by atoms with van der Waals surface area (Å²) in [7, 11) is 0. The molecular weight excluding hydrogens is 330 g/mol. The van der Waals surface area contributed by atoms with E-state index in [2.05, 4.69) is 19.2 Å². The van der Waals surface area contributed by atoms with Crippen molar-refractivity contribution in [2.45, 2.75) is 38.3 Å². The van der Waals surface area contributed by atoms with E-state index in [9.17, 15) is 14.7 Å². The van der Waals surface area contributed by atoms with Gasteiger partial charge in [0.15, 0.2) is 5.54 Å². The lowest BCUT2D eigenvalue weighted by Crippen LogP contribution is -2.50. The van der Waals surface area contributed by atoms with Crippen molar-refractivity contribution in [3.05, 3.63) is 71.3 Å². The molecule has 0 aliphatic heterocycles. The van der Waals surface area contributed by atoms with Crippen molar-refractivity contribution in [2.75, 3.05) is 0 Å². The van der Waals surface area contributed by atoms with Gasteiger partial charge in [0.2, 0.25) is 0 Å². The number of alkyl carbamates (subject to hydrolysis) is 1. The first kappa shape index (κ1) is 18.0. The van der Waals surface area contributed by atoms with Crippen LogP contribution in [-0.2, 0) is 21.7 Å². The quantitative estimate of drug-likeness (QED) is 0.851. The molecule has 2 atom stereocenters. The Morgan fingerprint density at radius 2 is 1.81 bits per heavy atom. The van der Waals surface area contributed by atoms with Crippen LogP contribution in [0.2, 0.25) is 0 Å². The van der Waals surface area contributed by atoms with Crippen molar-refractivity contribution in [3.63, 3.8) is 0 Å². The minimum absolute atomic E-state index is 0.0664. The minimum atomic E-state index is -1.46. The molecule has 26 heavy (non-hydrogen) atoms. The Labute approximate surface area is 153 Å². The molecule has 2 aromatic rings. The summed E-state index contributed by atoms with van der Waals surface area (Å²) in [5, 5.41) is 12.6. The van der Waals surface area contributed by atoms with Crippen molar-refractivity contribution in [1.82, 2.24) is 5.32 Å². The van der Waals surface area contributed by atoms with E-state index in [-0.39, 0.29) is 18.4 Å². The number of hydrogen-bond donors (Lipinski definition) is 2. The summed E-state index contributed by atoms with van der Waals surface area (Å²) < 4.78 is 5.26. The number of benzene rings is 2. The zero-order valence-corrected chi connectivity index (χ0v) is 14.9. The Morgan fingerprint density at radius 1 is 1.15 bits per heavy atom. The molecule has 0 bridgehead atoms. The highest BCUT2D eigenvalue weighted by Gasteiger charge is 2.51. The van der Waals surface area contributed by atoms with Crippen molar-refractivity contribution in [1.29, 1.82) is 0 Å². The molecule has 2 N–H and O–H groups in total. The Bertz CT molecular complexity index is 803. The maximum absolute atomic E-state index is 12.4. The van der Waals surface area contributed by atoms with Crippen LogP contribution in [0.15, 0.2) is 54.6 Å². The minimum Gasteiger partial charge on any atom is -0.479 e. The number of fused-ring (bicyclic) bond motifs is 1. The molecule has 2 aromatic carbocycles. The van der Waals surface area contributed by atoms with Gasteiger partial charge >= 0.3 is 12.1 Å². The zero-order chi connectivity index (χ0) is 18.7. The van der Waals surface area contributed by atoms with Gasteiger partial charge in [0.05, 0.1) is 0 Å². The normalized spacial score (nSPS) is 21.3. The second-order valence-electron chi connectivity index (χ2n) is 7.04. The van der Waals surface area contributed by atoms with Crippen molar-refractivity contribution < 1.29 is 19.4 Å². The van der Waals surface area contributed by atoms with E-state index in [0.717, 1.165) is 11.1 Å². The fourth-order valence-corrected chi connectivity index (χ4v) is 3.66. The van der Waals surface area contributed by atoms with Gasteiger partial charge in [-0.1, -0.05) is 68.4 Å². The molecule has 0 heterocycles. The number of ether oxygens (including phenoxy) is 1. The van der Waals surface area contributed by atoms with Gasteiger partial charge in [-0.15, -0.1) is 0 Å². The summed E-state index contributed by atoms with van der Waals surface area (Å²) in [5.41, 5.74) is 1.01. The van der Waals surface area contributed by atoms with Gasteiger partial charge in [-0.05, 0) is 34.9 Å². The highest BCUT2D eigenvalue weighted by Crippen LogP contribution is 2.48. The van der Waals surface area contributed by atoms with Gasteiger partial charge < -0.3 is 15.2 Å². The molecule has 0 fully saturated rings. The Hall–Kier alpha value is -2.82. The van der Waals surface area contributed by atoms with Crippen LogP contribution in [0.5, 0.6) is 0 Å². The molecular formula is C21H23NO4. The predicted octanol–water partition coefficient (Wildman–Crippen LogP) is 4.04. The smallest absolute Gasteiger partial charge is 0.408 e. The fraction of sp³-hybridized carbons (Fsp3) is 0.333. The predicted molar refractivity (Wildman–Crippen MR) is 97.7 cm³/mol. The second kappa shape index (κ2) is 7.20.